The molecule has 156 valence electrons. The van der Waals surface area contributed by atoms with Crippen molar-refractivity contribution in [1.29, 1.82) is 0 Å². The fraction of sp³-hybridized carbons (Fsp3) is 0.391. The first kappa shape index (κ1) is 20.1. The molecule has 1 amide bonds. The van der Waals surface area contributed by atoms with E-state index < -0.39 is 0 Å². The van der Waals surface area contributed by atoms with Crippen molar-refractivity contribution in [3.8, 4) is 11.1 Å². The van der Waals surface area contributed by atoms with Gasteiger partial charge in [-0.15, -0.1) is 0 Å². The summed E-state index contributed by atoms with van der Waals surface area (Å²) < 4.78 is 1.54. The molecule has 1 unspecified atom stereocenters. The van der Waals surface area contributed by atoms with Crippen molar-refractivity contribution in [1.82, 2.24) is 24.6 Å². The van der Waals surface area contributed by atoms with Gasteiger partial charge in [0, 0.05) is 37.2 Å². The van der Waals surface area contributed by atoms with Crippen LogP contribution in [0.4, 0.5) is 0 Å². The molecule has 1 saturated heterocycles. The minimum Gasteiger partial charge on any atom is -0.330 e. The minimum atomic E-state index is -0.239. The molecular formula is C23H27N5O2. The molecule has 4 heterocycles. The second-order valence-electron chi connectivity index (χ2n) is 8.11. The van der Waals surface area contributed by atoms with Gasteiger partial charge in [-0.1, -0.05) is 0 Å². The number of hydrogen-bond donors (Lipinski definition) is 1. The largest absolute Gasteiger partial charge is 0.330 e. The second-order valence-corrected chi connectivity index (χ2v) is 8.11. The molecule has 7 heteroatoms. The van der Waals surface area contributed by atoms with Crippen molar-refractivity contribution in [3.63, 3.8) is 0 Å². The van der Waals surface area contributed by atoms with Crippen molar-refractivity contribution in [3.05, 3.63) is 69.2 Å². The molecular weight excluding hydrogens is 378 g/mol. The van der Waals surface area contributed by atoms with Gasteiger partial charge in [0.25, 0.3) is 11.5 Å². The van der Waals surface area contributed by atoms with Crippen molar-refractivity contribution in [2.24, 2.45) is 7.05 Å². The molecule has 1 atom stereocenters. The smallest absolute Gasteiger partial charge is 0.263 e. The summed E-state index contributed by atoms with van der Waals surface area (Å²) in [5, 5.41) is 7.43. The van der Waals surface area contributed by atoms with Gasteiger partial charge < -0.3 is 9.47 Å². The predicted octanol–water partition coefficient (Wildman–Crippen LogP) is 3.46. The molecule has 1 aliphatic rings. The van der Waals surface area contributed by atoms with E-state index in [1.54, 1.807) is 17.8 Å². The maximum atomic E-state index is 13.6. The van der Waals surface area contributed by atoms with Crippen molar-refractivity contribution >= 4 is 5.91 Å². The number of likely N-dealkylation sites (tertiary alicyclic amines) is 1. The third-order valence-corrected chi connectivity index (χ3v) is 6.16. The predicted molar refractivity (Wildman–Crippen MR) is 115 cm³/mol. The third-order valence-electron chi connectivity index (χ3n) is 6.16. The van der Waals surface area contributed by atoms with Crippen LogP contribution in [0, 0.1) is 20.8 Å². The number of carbonyl (C=O) groups is 1. The van der Waals surface area contributed by atoms with Crippen LogP contribution in [-0.2, 0) is 7.05 Å². The van der Waals surface area contributed by atoms with Crippen LogP contribution in [0.3, 0.4) is 0 Å². The highest BCUT2D eigenvalue weighted by molar-refractivity contribution is 5.95. The lowest BCUT2D eigenvalue weighted by Crippen LogP contribution is -2.42. The molecule has 30 heavy (non-hydrogen) atoms. The molecule has 1 aliphatic heterocycles. The van der Waals surface area contributed by atoms with Crippen LogP contribution >= 0.6 is 0 Å². The number of H-pyrrole nitrogens is 1. The van der Waals surface area contributed by atoms with Crippen LogP contribution in [0.25, 0.3) is 11.1 Å². The fourth-order valence-corrected chi connectivity index (χ4v) is 4.40. The topological polar surface area (TPSA) is 83.9 Å². The first-order valence-electron chi connectivity index (χ1n) is 10.3. The van der Waals surface area contributed by atoms with Crippen LogP contribution in [0.5, 0.6) is 0 Å². The highest BCUT2D eigenvalue weighted by Crippen LogP contribution is 2.37. The Bertz CT molecular complexity index is 1160. The lowest BCUT2D eigenvalue weighted by molar-refractivity contribution is 0.0603. The van der Waals surface area contributed by atoms with Crippen LogP contribution in [0.15, 0.2) is 35.5 Å². The number of carbonyl (C=O) groups excluding carboxylic acids is 1. The molecule has 4 rings (SSSR count). The van der Waals surface area contributed by atoms with E-state index in [0.717, 1.165) is 52.9 Å². The van der Waals surface area contributed by atoms with Gasteiger partial charge in [0.2, 0.25) is 0 Å². The number of nitrogens with one attached hydrogen (secondary N) is 1. The summed E-state index contributed by atoms with van der Waals surface area (Å²) in [6.07, 6.45) is 8.18. The number of nitrogens with zero attached hydrogens (tertiary/aromatic N) is 4. The van der Waals surface area contributed by atoms with Crippen molar-refractivity contribution in [2.45, 2.75) is 46.1 Å². The van der Waals surface area contributed by atoms with Gasteiger partial charge in [-0.2, -0.15) is 5.10 Å². The average Bonchev–Trinajstić information content (AvgIpc) is 3.22. The highest BCUT2D eigenvalue weighted by atomic mass is 16.2. The van der Waals surface area contributed by atoms with E-state index in [-0.39, 0.29) is 23.1 Å². The Morgan fingerprint density at radius 3 is 2.70 bits per heavy atom. The zero-order valence-electron chi connectivity index (χ0n) is 17.9. The standard InChI is InChI=1S/C23H27N5O2/c1-14-11-16(3)27(4)22(29)20(14)23(30)28-10-6-5-7-19(28)21-18(13-25-26-21)17-8-9-24-12-15(17)2/h8-9,11-13,19H,5-7,10H2,1-4H3,(H,25,26). The molecule has 1 fully saturated rings. The van der Waals surface area contributed by atoms with Crippen molar-refractivity contribution in [2.75, 3.05) is 6.54 Å². The van der Waals surface area contributed by atoms with Crippen LogP contribution < -0.4 is 5.56 Å². The van der Waals surface area contributed by atoms with Gasteiger partial charge in [-0.25, -0.2) is 0 Å². The normalized spacial score (nSPS) is 16.7. The average molecular weight is 406 g/mol. The molecule has 0 radical (unpaired) electrons. The number of rotatable bonds is 3. The quantitative estimate of drug-likeness (QED) is 0.723. The molecule has 0 aromatic carbocycles. The zero-order valence-corrected chi connectivity index (χ0v) is 17.9. The molecule has 0 spiro atoms. The Morgan fingerprint density at radius 1 is 1.13 bits per heavy atom. The first-order valence-corrected chi connectivity index (χ1v) is 10.3. The molecule has 3 aromatic heterocycles. The lowest BCUT2D eigenvalue weighted by atomic mass is 9.92. The number of pyridine rings is 2. The molecule has 0 aliphatic carbocycles. The van der Waals surface area contributed by atoms with E-state index in [0.29, 0.717) is 6.54 Å². The first-order chi connectivity index (χ1) is 14.4. The van der Waals surface area contributed by atoms with E-state index >= 15 is 0 Å². The molecule has 0 saturated carbocycles. The lowest BCUT2D eigenvalue weighted by Gasteiger charge is -2.36. The van der Waals surface area contributed by atoms with E-state index in [4.69, 9.17) is 0 Å². The highest BCUT2D eigenvalue weighted by Gasteiger charge is 2.33. The Hall–Kier alpha value is -3.22. The summed E-state index contributed by atoms with van der Waals surface area (Å²) in [7, 11) is 1.71. The number of aryl methyl sites for hydroxylation is 3. The maximum absolute atomic E-state index is 13.6. The summed E-state index contributed by atoms with van der Waals surface area (Å²) in [4.78, 5) is 32.5. The van der Waals surface area contributed by atoms with Crippen molar-refractivity contribution < 1.29 is 4.79 Å². The summed E-state index contributed by atoms with van der Waals surface area (Å²) in [5.74, 6) is -0.204. The minimum absolute atomic E-state index is 0.151. The van der Waals surface area contributed by atoms with E-state index in [1.165, 1.54) is 0 Å². The molecule has 0 bridgehead atoms. The van der Waals surface area contributed by atoms with Gasteiger partial charge in [0.05, 0.1) is 17.9 Å². The number of aromatic amines is 1. The summed E-state index contributed by atoms with van der Waals surface area (Å²) in [5.41, 5.74) is 5.58. The van der Waals surface area contributed by atoms with E-state index in [9.17, 15) is 9.59 Å². The number of hydrogen-bond acceptors (Lipinski definition) is 4. The van der Waals surface area contributed by atoms with E-state index in [1.807, 2.05) is 50.2 Å². The molecule has 1 N–H and O–H groups in total. The van der Waals surface area contributed by atoms with Gasteiger partial charge >= 0.3 is 0 Å². The third kappa shape index (κ3) is 3.34. The number of piperidine rings is 1. The fourth-order valence-electron chi connectivity index (χ4n) is 4.40. The van der Waals surface area contributed by atoms with Crippen LogP contribution in [0.1, 0.15) is 58.2 Å². The summed E-state index contributed by atoms with van der Waals surface area (Å²) in [6, 6.07) is 3.72. The zero-order chi connectivity index (χ0) is 21.4. The van der Waals surface area contributed by atoms with E-state index in [2.05, 4.69) is 15.2 Å². The summed E-state index contributed by atoms with van der Waals surface area (Å²) in [6.45, 7) is 6.35. The van der Waals surface area contributed by atoms with Gasteiger partial charge in [0.15, 0.2) is 0 Å². The number of amides is 1. The Morgan fingerprint density at radius 2 is 1.93 bits per heavy atom. The molecule has 3 aromatic rings. The Labute approximate surface area is 175 Å². The number of aromatic nitrogens is 4. The van der Waals surface area contributed by atoms with Crippen LogP contribution in [0.2, 0.25) is 0 Å². The van der Waals surface area contributed by atoms with Gasteiger partial charge in [-0.3, -0.25) is 19.7 Å². The second kappa shape index (κ2) is 7.89. The SMILES string of the molecule is Cc1cnccc1-c1cn[nH]c1C1CCCCN1C(=O)c1c(C)cc(C)n(C)c1=O. The monoisotopic (exact) mass is 405 g/mol. The Kier molecular flexibility index (Phi) is 5.28. The maximum Gasteiger partial charge on any atom is 0.263 e. The molecule has 7 nitrogen and oxygen atoms in total. The van der Waals surface area contributed by atoms with Gasteiger partial charge in [-0.05, 0) is 68.9 Å². The van der Waals surface area contributed by atoms with Crippen LogP contribution in [-0.4, -0.2) is 37.1 Å². The summed E-state index contributed by atoms with van der Waals surface area (Å²) >= 11 is 0. The Balaban J connectivity index is 1.77. The van der Waals surface area contributed by atoms with Gasteiger partial charge in [0.1, 0.15) is 5.56 Å².